The van der Waals surface area contributed by atoms with E-state index in [1.165, 1.54) is 18.0 Å². The second kappa shape index (κ2) is 7.55. The number of amides is 3. The van der Waals surface area contributed by atoms with E-state index in [1.54, 1.807) is 19.2 Å². The van der Waals surface area contributed by atoms with E-state index in [9.17, 15) is 18.4 Å². The lowest BCUT2D eigenvalue weighted by Crippen LogP contribution is -2.30. The Labute approximate surface area is 139 Å². The Balaban J connectivity index is 1.73. The molecule has 1 aliphatic carbocycles. The summed E-state index contributed by atoms with van der Waals surface area (Å²) in [4.78, 5) is 28.5. The molecule has 1 aromatic heterocycles. The molecule has 1 aliphatic rings. The van der Waals surface area contributed by atoms with E-state index in [1.807, 2.05) is 0 Å². The van der Waals surface area contributed by atoms with Crippen molar-refractivity contribution >= 4 is 23.4 Å². The van der Waals surface area contributed by atoms with Crippen molar-refractivity contribution in [1.29, 1.82) is 0 Å². The maximum atomic E-state index is 13.1. The number of pyridine rings is 1. The Morgan fingerprint density at radius 3 is 2.71 bits per heavy atom. The molecular formula is C16H22F2N4O2. The summed E-state index contributed by atoms with van der Waals surface area (Å²) >= 11 is 0. The van der Waals surface area contributed by atoms with Crippen LogP contribution < -0.4 is 15.5 Å². The van der Waals surface area contributed by atoms with Crippen LogP contribution in [0.1, 0.15) is 32.6 Å². The minimum Gasteiger partial charge on any atom is -0.338 e. The molecule has 0 aliphatic heterocycles. The van der Waals surface area contributed by atoms with Gasteiger partial charge in [0, 0.05) is 33.4 Å². The first-order valence-corrected chi connectivity index (χ1v) is 7.90. The quantitative estimate of drug-likeness (QED) is 0.865. The summed E-state index contributed by atoms with van der Waals surface area (Å²) < 4.78 is 26.2. The number of nitrogens with one attached hydrogen (secondary N) is 2. The number of hydrogen-bond acceptors (Lipinski definition) is 3. The van der Waals surface area contributed by atoms with E-state index in [-0.39, 0.29) is 24.7 Å². The largest absolute Gasteiger partial charge is 0.338 e. The van der Waals surface area contributed by atoms with E-state index >= 15 is 0 Å². The van der Waals surface area contributed by atoms with Crippen molar-refractivity contribution in [1.82, 2.24) is 10.3 Å². The highest BCUT2D eigenvalue weighted by Gasteiger charge is 2.38. The number of carbonyl (C=O) groups excluding carboxylic acids is 2. The van der Waals surface area contributed by atoms with E-state index in [0.29, 0.717) is 30.9 Å². The molecule has 0 saturated heterocycles. The maximum Gasteiger partial charge on any atom is 0.319 e. The molecule has 1 atom stereocenters. The molecule has 1 heterocycles. The van der Waals surface area contributed by atoms with Crippen molar-refractivity contribution in [3.05, 3.63) is 18.3 Å². The summed E-state index contributed by atoms with van der Waals surface area (Å²) in [5.74, 6) is -2.25. The van der Waals surface area contributed by atoms with Gasteiger partial charge in [-0.2, -0.15) is 0 Å². The SMILES string of the molecule is CC(=O)N(C)c1ccc(NC(=O)NCCC2CCC(F)(F)C2)cn1. The normalized spacial score (nSPS) is 18.9. The van der Waals surface area contributed by atoms with Crippen LogP contribution in [0.2, 0.25) is 0 Å². The Morgan fingerprint density at radius 2 is 2.17 bits per heavy atom. The van der Waals surface area contributed by atoms with Gasteiger partial charge in [-0.3, -0.25) is 4.79 Å². The zero-order chi connectivity index (χ0) is 17.7. The molecular weight excluding hydrogens is 318 g/mol. The Bertz CT molecular complexity index is 592. The molecule has 1 aromatic rings. The minimum absolute atomic E-state index is 0.0385. The summed E-state index contributed by atoms with van der Waals surface area (Å²) in [6, 6.07) is 2.85. The zero-order valence-electron chi connectivity index (χ0n) is 13.8. The molecule has 2 N–H and O–H groups in total. The predicted molar refractivity (Wildman–Crippen MR) is 87.2 cm³/mol. The zero-order valence-corrected chi connectivity index (χ0v) is 13.8. The fourth-order valence-electron chi connectivity index (χ4n) is 2.67. The van der Waals surface area contributed by atoms with Gasteiger partial charge in [-0.05, 0) is 30.9 Å². The molecule has 0 bridgehead atoms. The lowest BCUT2D eigenvalue weighted by molar-refractivity contribution is -0.116. The van der Waals surface area contributed by atoms with Crippen molar-refractivity contribution in [3.8, 4) is 0 Å². The molecule has 132 valence electrons. The van der Waals surface area contributed by atoms with Crippen LogP contribution in [0, 0.1) is 5.92 Å². The summed E-state index contributed by atoms with van der Waals surface area (Å²) in [6.45, 7) is 1.78. The van der Waals surface area contributed by atoms with Crippen molar-refractivity contribution in [3.63, 3.8) is 0 Å². The van der Waals surface area contributed by atoms with Crippen LogP contribution in [0.4, 0.5) is 25.1 Å². The summed E-state index contributed by atoms with van der Waals surface area (Å²) in [5, 5.41) is 5.27. The molecule has 1 saturated carbocycles. The third-order valence-corrected chi connectivity index (χ3v) is 4.17. The van der Waals surface area contributed by atoms with Gasteiger partial charge in [-0.15, -0.1) is 0 Å². The second-order valence-electron chi connectivity index (χ2n) is 6.12. The second-order valence-corrected chi connectivity index (χ2v) is 6.12. The average molecular weight is 340 g/mol. The Hall–Kier alpha value is -2.25. The molecule has 0 spiro atoms. The number of nitrogens with zero attached hydrogens (tertiary/aromatic N) is 2. The van der Waals surface area contributed by atoms with Crippen molar-refractivity contribution in [2.45, 2.75) is 38.5 Å². The third kappa shape index (κ3) is 5.14. The van der Waals surface area contributed by atoms with Gasteiger partial charge in [0.05, 0.1) is 11.9 Å². The molecule has 6 nitrogen and oxygen atoms in total. The highest BCUT2D eigenvalue weighted by atomic mass is 19.3. The number of anilines is 2. The number of aromatic nitrogens is 1. The molecule has 1 fully saturated rings. The first kappa shape index (κ1) is 18.1. The van der Waals surface area contributed by atoms with E-state index in [2.05, 4.69) is 15.6 Å². The van der Waals surface area contributed by atoms with Gasteiger partial charge in [-0.1, -0.05) is 0 Å². The minimum atomic E-state index is -2.55. The smallest absolute Gasteiger partial charge is 0.319 e. The average Bonchev–Trinajstić information content (AvgIpc) is 2.86. The first-order valence-electron chi connectivity index (χ1n) is 7.90. The Kier molecular flexibility index (Phi) is 5.69. The lowest BCUT2D eigenvalue weighted by atomic mass is 10.0. The fourth-order valence-corrected chi connectivity index (χ4v) is 2.67. The number of rotatable bonds is 5. The molecule has 1 unspecified atom stereocenters. The number of alkyl halides is 2. The number of halogens is 2. The summed E-state index contributed by atoms with van der Waals surface area (Å²) in [5.41, 5.74) is 0.487. The van der Waals surface area contributed by atoms with Gasteiger partial charge in [0.25, 0.3) is 0 Å². The number of hydrogen-bond donors (Lipinski definition) is 2. The van der Waals surface area contributed by atoms with Gasteiger partial charge in [-0.25, -0.2) is 18.6 Å². The number of carbonyl (C=O) groups is 2. The van der Waals surface area contributed by atoms with Crippen LogP contribution in [-0.4, -0.2) is 36.4 Å². The van der Waals surface area contributed by atoms with Crippen molar-refractivity contribution in [2.24, 2.45) is 5.92 Å². The fraction of sp³-hybridized carbons (Fsp3) is 0.562. The van der Waals surface area contributed by atoms with Crippen LogP contribution in [0.5, 0.6) is 0 Å². The molecule has 0 aromatic carbocycles. The monoisotopic (exact) mass is 340 g/mol. The van der Waals surface area contributed by atoms with Crippen LogP contribution >= 0.6 is 0 Å². The maximum absolute atomic E-state index is 13.1. The Morgan fingerprint density at radius 1 is 1.42 bits per heavy atom. The van der Waals surface area contributed by atoms with Gasteiger partial charge in [0.15, 0.2) is 0 Å². The summed E-state index contributed by atoms with van der Waals surface area (Å²) in [7, 11) is 1.61. The van der Waals surface area contributed by atoms with Crippen LogP contribution in [0.3, 0.4) is 0 Å². The van der Waals surface area contributed by atoms with E-state index in [0.717, 1.165) is 0 Å². The molecule has 3 amide bonds. The molecule has 2 rings (SSSR count). The lowest BCUT2D eigenvalue weighted by Gasteiger charge is -2.14. The van der Waals surface area contributed by atoms with E-state index in [4.69, 9.17) is 0 Å². The topological polar surface area (TPSA) is 74.3 Å². The van der Waals surface area contributed by atoms with Gasteiger partial charge >= 0.3 is 6.03 Å². The van der Waals surface area contributed by atoms with E-state index < -0.39 is 12.0 Å². The predicted octanol–water partition coefficient (Wildman–Crippen LogP) is 3.01. The first-order chi connectivity index (χ1) is 11.3. The van der Waals surface area contributed by atoms with Crippen molar-refractivity contribution < 1.29 is 18.4 Å². The van der Waals surface area contributed by atoms with Crippen LogP contribution in [0.25, 0.3) is 0 Å². The van der Waals surface area contributed by atoms with Crippen LogP contribution in [-0.2, 0) is 4.79 Å². The third-order valence-electron chi connectivity index (χ3n) is 4.17. The van der Waals surface area contributed by atoms with Gasteiger partial charge in [0.1, 0.15) is 5.82 Å². The molecule has 0 radical (unpaired) electrons. The highest BCUT2D eigenvalue weighted by Crippen LogP contribution is 2.40. The van der Waals surface area contributed by atoms with Crippen molar-refractivity contribution in [2.75, 3.05) is 23.8 Å². The summed E-state index contributed by atoms with van der Waals surface area (Å²) in [6.07, 6.45) is 2.35. The standard InChI is InChI=1S/C16H22F2N4O2/c1-11(23)22(2)14-4-3-13(10-20-14)21-15(24)19-8-6-12-5-7-16(17,18)9-12/h3-4,10,12H,5-9H2,1-2H3,(H2,19,21,24). The highest BCUT2D eigenvalue weighted by molar-refractivity contribution is 5.91. The van der Waals surface area contributed by atoms with Gasteiger partial charge < -0.3 is 15.5 Å². The van der Waals surface area contributed by atoms with Gasteiger partial charge in [0.2, 0.25) is 11.8 Å². The molecule has 24 heavy (non-hydrogen) atoms. The molecule has 8 heteroatoms. The number of urea groups is 1. The van der Waals surface area contributed by atoms with Crippen LogP contribution in [0.15, 0.2) is 18.3 Å².